The van der Waals surface area contributed by atoms with Crippen molar-refractivity contribution in [3.63, 3.8) is 0 Å². The fraction of sp³-hybridized carbons (Fsp3) is 0.500. The Balaban J connectivity index is 0.000000574. The third kappa shape index (κ3) is 36.4. The van der Waals surface area contributed by atoms with Crippen molar-refractivity contribution in [2.45, 2.75) is 228 Å². The number of ether oxygens (including phenoxy) is 3. The van der Waals surface area contributed by atoms with Gasteiger partial charge in [0, 0.05) is 66.3 Å². The van der Waals surface area contributed by atoms with Crippen LogP contribution in [0.5, 0.6) is 11.5 Å². The lowest BCUT2D eigenvalue weighted by Gasteiger charge is -2.37. The second-order valence-electron chi connectivity index (χ2n) is 32.6. The van der Waals surface area contributed by atoms with E-state index in [2.05, 4.69) is 30.3 Å². The van der Waals surface area contributed by atoms with E-state index in [-0.39, 0.29) is 48.6 Å². The molecule has 112 heavy (non-hydrogen) atoms. The van der Waals surface area contributed by atoms with Gasteiger partial charge < -0.3 is 58.8 Å². The molecule has 5 aromatic rings. The van der Waals surface area contributed by atoms with Gasteiger partial charge in [-0.15, -0.1) is 0 Å². The Kier molecular flexibility index (Phi) is 38.3. The van der Waals surface area contributed by atoms with Crippen LogP contribution in [0.15, 0.2) is 140 Å². The molecular formula is C82H121ClN8O19Si2. The Morgan fingerprint density at radius 1 is 0.455 bits per heavy atom. The number of rotatable bonds is 27. The van der Waals surface area contributed by atoms with Crippen LogP contribution < -0.4 is 15.1 Å². The van der Waals surface area contributed by atoms with Crippen LogP contribution in [0, 0.1) is 5.41 Å². The van der Waals surface area contributed by atoms with Gasteiger partial charge in [0.15, 0.2) is 0 Å². The summed E-state index contributed by atoms with van der Waals surface area (Å²) in [6, 6.07) is 34.1. The van der Waals surface area contributed by atoms with E-state index in [0.717, 1.165) is 44.3 Å². The largest absolute Gasteiger partial charge is 0.544 e. The standard InChI is InChI=1S/C33H52N4O7Si2.C28H37N3O7.C15H21NO4.C6H11ClO/c1-24(35(5)31(40)37(23-26-16-14-13-15-17-26)36(6)32(41)42-33(2,3)4)29(38)34-28(30(39)44-46(10,11)12)22-25-18-20-27(21-19-25)43-45(7,8)9;1-18(24(33)29-22(26(35)36)16-20-12-14-21(32)15-13-20)30(5)25(34)23(17-19-10-8-7-9-11-19)31(6)27(37)38-28(2,3)4;1-15(2,3)20-14(19)16(4)12(13(17)18)10-11-8-6-5-7-9-11;1-4-6(2,3)5(7)8/h13-21,24,28H,22-23H2,1-12H3,(H,34,38);7-15,18,22-23,32H,16-17H2,1-6H3,(H,29,33)(H,35,36);5-9,12H,10H2,1-4H3,(H,17,18);4H2,1-3H3/t24-,28-;18-,22-,23-;12-;/m000./s1. The number of hydrogen-bond donors (Lipinski definition) is 5. The molecule has 0 aliphatic rings. The number of benzene rings is 5. The lowest BCUT2D eigenvalue weighted by atomic mass is 9.92. The Labute approximate surface area is 668 Å². The highest BCUT2D eigenvalue weighted by Crippen LogP contribution is 2.25. The lowest BCUT2D eigenvalue weighted by Crippen LogP contribution is -2.57. The number of carboxylic acid groups (broad SMARTS) is 2. The number of amides is 8. The van der Waals surface area contributed by atoms with E-state index in [1.165, 1.54) is 74.0 Å². The average Bonchev–Trinajstić information content (AvgIpc) is 0.828. The summed E-state index contributed by atoms with van der Waals surface area (Å²) in [6.07, 6.45) is -0.637. The summed E-state index contributed by atoms with van der Waals surface area (Å²) in [5.74, 6) is -3.75. The molecular weight excluding hydrogens is 1490 g/mol. The van der Waals surface area contributed by atoms with E-state index in [4.69, 9.17) is 34.7 Å². The fourth-order valence-electron chi connectivity index (χ4n) is 9.63. The zero-order valence-corrected chi connectivity index (χ0v) is 72.7. The number of hydrazine groups is 1. The minimum Gasteiger partial charge on any atom is -0.544 e. The van der Waals surface area contributed by atoms with E-state index in [9.17, 15) is 68.1 Å². The minimum absolute atomic E-state index is 0.0102. The number of phenolic OH excluding ortho intramolecular Hbond substituents is 1. The van der Waals surface area contributed by atoms with E-state index >= 15 is 0 Å². The topological polar surface area (TPSA) is 338 Å². The molecule has 0 fully saturated rings. The quantitative estimate of drug-likeness (QED) is 0.0141. The van der Waals surface area contributed by atoms with Gasteiger partial charge in [-0.05, 0) is 186 Å². The molecule has 0 bridgehead atoms. The molecule has 0 aliphatic carbocycles. The van der Waals surface area contributed by atoms with Crippen LogP contribution >= 0.6 is 11.6 Å². The van der Waals surface area contributed by atoms with Gasteiger partial charge in [-0.25, -0.2) is 38.8 Å². The summed E-state index contributed by atoms with van der Waals surface area (Å²) < 4.78 is 28.0. The Bertz CT molecular complexity index is 3880. The molecule has 0 radical (unpaired) electrons. The number of phenols is 1. The molecule has 5 N–H and O–H groups in total. The number of carbonyl (C=O) groups excluding carboxylic acids is 9. The van der Waals surface area contributed by atoms with Crippen molar-refractivity contribution in [3.05, 3.63) is 167 Å². The monoisotopic (exact) mass is 1610 g/mol. The highest BCUT2D eigenvalue weighted by Gasteiger charge is 2.39. The maximum Gasteiger partial charge on any atom is 0.429 e. The third-order valence-electron chi connectivity index (χ3n) is 16.6. The lowest BCUT2D eigenvalue weighted by molar-refractivity contribution is -0.145. The van der Waals surface area contributed by atoms with Crippen molar-refractivity contribution in [1.82, 2.24) is 40.3 Å². The summed E-state index contributed by atoms with van der Waals surface area (Å²) in [6.45, 7) is 36.3. The van der Waals surface area contributed by atoms with Crippen LogP contribution in [-0.2, 0) is 84.4 Å². The molecule has 0 saturated heterocycles. The molecule has 5 aromatic carbocycles. The molecule has 5 rings (SSSR count). The second-order valence-corrected chi connectivity index (χ2v) is 41.8. The van der Waals surface area contributed by atoms with E-state index in [1.807, 2.05) is 156 Å². The number of urea groups is 1. The smallest absolute Gasteiger partial charge is 0.429 e. The van der Waals surface area contributed by atoms with Crippen molar-refractivity contribution in [1.29, 1.82) is 0 Å². The zero-order chi connectivity index (χ0) is 85.8. The maximum atomic E-state index is 13.9. The minimum atomic E-state index is -2.28. The summed E-state index contributed by atoms with van der Waals surface area (Å²) in [7, 11) is 3.18. The van der Waals surface area contributed by atoms with Crippen LogP contribution in [0.2, 0.25) is 39.3 Å². The van der Waals surface area contributed by atoms with Crippen molar-refractivity contribution in [3.8, 4) is 11.5 Å². The molecule has 6 atom stereocenters. The summed E-state index contributed by atoms with van der Waals surface area (Å²) in [4.78, 5) is 144. The average molecular weight is 1610 g/mol. The van der Waals surface area contributed by atoms with Crippen molar-refractivity contribution in [2.24, 2.45) is 5.41 Å². The number of nitrogens with one attached hydrogen (secondary N) is 2. The molecule has 0 aromatic heterocycles. The van der Waals surface area contributed by atoms with Crippen LogP contribution in [0.3, 0.4) is 0 Å². The number of nitrogens with zero attached hydrogens (tertiary/aromatic N) is 6. The van der Waals surface area contributed by atoms with Gasteiger partial charge in [0.05, 0.1) is 6.54 Å². The van der Waals surface area contributed by atoms with Gasteiger partial charge in [0.2, 0.25) is 39.6 Å². The predicted molar refractivity (Wildman–Crippen MR) is 436 cm³/mol. The van der Waals surface area contributed by atoms with Gasteiger partial charge >= 0.3 is 42.2 Å². The van der Waals surface area contributed by atoms with Gasteiger partial charge in [-0.3, -0.25) is 33.8 Å². The van der Waals surface area contributed by atoms with Crippen LogP contribution in [-0.4, -0.2) is 215 Å². The maximum absolute atomic E-state index is 13.9. The molecule has 0 spiro atoms. The Hall–Kier alpha value is -10.0. The first-order chi connectivity index (χ1) is 51.5. The van der Waals surface area contributed by atoms with Crippen molar-refractivity contribution >= 4 is 93.4 Å². The molecule has 8 amide bonds. The van der Waals surface area contributed by atoms with Gasteiger partial charge in [-0.1, -0.05) is 136 Å². The van der Waals surface area contributed by atoms with Crippen molar-refractivity contribution < 1.29 is 91.1 Å². The van der Waals surface area contributed by atoms with Crippen molar-refractivity contribution in [2.75, 3.05) is 35.2 Å². The predicted octanol–water partition coefficient (Wildman–Crippen LogP) is 13.6. The molecule has 618 valence electrons. The molecule has 27 nitrogen and oxygen atoms in total. The number of aliphatic carboxylic acids is 2. The first-order valence-corrected chi connectivity index (χ1v) is 44.0. The molecule has 0 saturated carbocycles. The number of aromatic hydroxyl groups is 1. The van der Waals surface area contributed by atoms with E-state index in [0.29, 0.717) is 5.56 Å². The Morgan fingerprint density at radius 2 is 0.821 bits per heavy atom. The number of halogens is 1. The Morgan fingerprint density at radius 3 is 1.20 bits per heavy atom. The van der Waals surface area contributed by atoms with Crippen LogP contribution in [0.1, 0.15) is 131 Å². The number of likely N-dealkylation sites (N-methyl/N-ethyl adjacent to an activating group) is 4. The molecule has 30 heteroatoms. The number of carboxylic acids is 2. The normalized spacial score (nSPS) is 13.1. The summed E-state index contributed by atoms with van der Waals surface area (Å²) >= 11 is 5.23. The van der Waals surface area contributed by atoms with E-state index < -0.39 is 130 Å². The highest BCUT2D eigenvalue weighted by atomic mass is 35.5. The summed E-state index contributed by atoms with van der Waals surface area (Å²) in [5.41, 5.74) is 1.32. The van der Waals surface area contributed by atoms with Gasteiger partial charge in [0.25, 0.3) is 0 Å². The SMILES string of the molecule is CCC(C)(C)C(=O)Cl.CN(C(=O)OC(C)(C)C)[C@@H](Cc1ccccc1)C(=O)O.C[C@@H](C(=O)N[C@@H](Cc1ccc(O)cc1)C(=O)O)N(C)C(=O)[C@H](Cc1ccccc1)N(C)C(=O)OC(C)(C)C.C[C@@H](C(=O)N[C@@H](Cc1ccc(O[Si](C)(C)C)cc1)C(=O)O[Si](C)(C)C)N(C)C(=O)N(Cc1ccccc1)N(C)C(=O)OC(C)(C)C. The van der Waals surface area contributed by atoms with Gasteiger partial charge in [-0.2, -0.15) is 0 Å². The summed E-state index contributed by atoms with van der Waals surface area (Å²) in [5, 5.41) is 35.8. The first-order valence-electron chi connectivity index (χ1n) is 36.8. The van der Waals surface area contributed by atoms with Crippen LogP contribution in [0.25, 0.3) is 0 Å². The van der Waals surface area contributed by atoms with Crippen LogP contribution in [0.4, 0.5) is 19.2 Å². The van der Waals surface area contributed by atoms with Gasteiger partial charge in [0.1, 0.15) is 64.6 Å². The fourth-order valence-corrected chi connectivity index (χ4v) is 11.4. The zero-order valence-electron chi connectivity index (χ0n) is 69.9. The molecule has 0 aliphatic heterocycles. The third-order valence-corrected chi connectivity index (χ3v) is 18.8. The highest BCUT2D eigenvalue weighted by molar-refractivity contribution is 6.71. The first kappa shape index (κ1) is 98.1. The molecule has 0 heterocycles. The number of hydrogen-bond acceptors (Lipinski definition) is 17. The van der Waals surface area contributed by atoms with E-state index in [1.54, 1.807) is 81.4 Å². The second kappa shape index (κ2) is 43.7. The molecule has 0 unspecified atom stereocenters. The number of carbonyl (C=O) groups is 11.